The minimum absolute atomic E-state index is 0.441. The minimum Gasteiger partial charge on any atom is -0.344 e. The van der Waals surface area contributed by atoms with Gasteiger partial charge >= 0.3 is 0 Å². The topological polar surface area (TPSA) is 41.7 Å². The van der Waals surface area contributed by atoms with Crippen molar-refractivity contribution in [2.24, 2.45) is 9.98 Å². The van der Waals surface area contributed by atoms with Crippen molar-refractivity contribution in [3.8, 4) is 16.8 Å². The van der Waals surface area contributed by atoms with Crippen molar-refractivity contribution in [2.75, 3.05) is 0 Å². The summed E-state index contributed by atoms with van der Waals surface area (Å²) >= 11 is 1.83. The molecule has 1 aliphatic heterocycles. The quantitative estimate of drug-likeness (QED) is 0.187. The van der Waals surface area contributed by atoms with Gasteiger partial charge in [0.2, 0.25) is 0 Å². The van der Waals surface area contributed by atoms with E-state index < -0.39 is 6.17 Å². The standard InChI is InChI=1S/C53H34N4S/c1-2-12-33(13-3-1)35-22-25-36(26-23-35)51-54-52(40-27-24-34-14-4-5-15-37(34)28-40)56-53(55-51)45-32-50-44(42-19-9-11-21-49(42)58-50)31-48(45)57-46-20-10-8-18-41(46)43-29-38-16-6-7-17-39(38)30-47(43)57/h1-32,53H,(H,54,55,56). The van der Waals surface area contributed by atoms with Gasteiger partial charge in [-0.1, -0.05) is 152 Å². The number of aromatic nitrogens is 1. The van der Waals surface area contributed by atoms with Gasteiger partial charge in [0.1, 0.15) is 12.0 Å². The molecule has 0 saturated carbocycles. The number of rotatable bonds is 5. The molecule has 0 fully saturated rings. The Kier molecular flexibility index (Phi) is 7.43. The lowest BCUT2D eigenvalue weighted by Gasteiger charge is -2.26. The van der Waals surface area contributed by atoms with Crippen LogP contribution in [0, 0.1) is 0 Å². The second-order valence-electron chi connectivity index (χ2n) is 15.0. The number of amidine groups is 2. The smallest absolute Gasteiger partial charge is 0.159 e. The summed E-state index contributed by atoms with van der Waals surface area (Å²) in [5, 5.41) is 13.6. The van der Waals surface area contributed by atoms with Crippen LogP contribution >= 0.6 is 11.3 Å². The predicted molar refractivity (Wildman–Crippen MR) is 246 cm³/mol. The van der Waals surface area contributed by atoms with Crippen LogP contribution in [0.1, 0.15) is 22.9 Å². The summed E-state index contributed by atoms with van der Waals surface area (Å²) in [6, 6.07) is 69.9. The highest BCUT2D eigenvalue weighted by Crippen LogP contribution is 2.42. The molecule has 1 unspecified atom stereocenters. The molecule has 5 heteroatoms. The van der Waals surface area contributed by atoms with Gasteiger partial charge < -0.3 is 9.88 Å². The third kappa shape index (κ3) is 5.36. The first kappa shape index (κ1) is 32.9. The van der Waals surface area contributed by atoms with Crippen molar-refractivity contribution in [1.29, 1.82) is 0 Å². The van der Waals surface area contributed by atoms with E-state index in [1.165, 1.54) is 58.2 Å². The van der Waals surface area contributed by atoms with Crippen LogP contribution in [0.4, 0.5) is 0 Å². The maximum absolute atomic E-state index is 5.52. The summed E-state index contributed by atoms with van der Waals surface area (Å²) in [5.41, 5.74) is 8.84. The first-order chi connectivity index (χ1) is 28.7. The highest BCUT2D eigenvalue weighted by Gasteiger charge is 2.27. The van der Waals surface area contributed by atoms with E-state index in [1.54, 1.807) is 0 Å². The Balaban J connectivity index is 1.11. The molecule has 0 bridgehead atoms. The number of hydrogen-bond acceptors (Lipinski definition) is 4. The van der Waals surface area contributed by atoms with Gasteiger partial charge in [-0.05, 0) is 75.1 Å². The Morgan fingerprint density at radius 3 is 1.90 bits per heavy atom. The highest BCUT2D eigenvalue weighted by molar-refractivity contribution is 7.25. The Labute approximate surface area is 338 Å². The lowest BCUT2D eigenvalue weighted by Crippen LogP contribution is -2.34. The molecule has 0 spiro atoms. The van der Waals surface area contributed by atoms with Crippen LogP contribution in [0.15, 0.2) is 204 Å². The van der Waals surface area contributed by atoms with Crippen molar-refractivity contribution < 1.29 is 0 Å². The monoisotopic (exact) mass is 758 g/mol. The maximum atomic E-state index is 5.52. The van der Waals surface area contributed by atoms with Gasteiger partial charge in [0.05, 0.1) is 16.7 Å². The number of para-hydroxylation sites is 1. The van der Waals surface area contributed by atoms with Gasteiger partial charge in [-0.25, -0.2) is 9.98 Å². The zero-order valence-electron chi connectivity index (χ0n) is 31.3. The second kappa shape index (κ2) is 13.1. The molecule has 9 aromatic carbocycles. The molecule has 0 saturated heterocycles. The molecule has 12 rings (SSSR count). The SMILES string of the molecule is c1ccc(-c2ccc(C3=NC(c4ccc5ccccc5c4)=NC(c4cc5sc6ccccc6c5cc4-n4c5ccccc5c5cc6ccccc6cc54)N3)cc2)cc1. The van der Waals surface area contributed by atoms with Crippen molar-refractivity contribution in [3.05, 3.63) is 211 Å². The predicted octanol–water partition coefficient (Wildman–Crippen LogP) is 13.6. The van der Waals surface area contributed by atoms with Gasteiger partial charge in [-0.15, -0.1) is 11.3 Å². The average molecular weight is 759 g/mol. The van der Waals surface area contributed by atoms with Crippen LogP contribution in [0.25, 0.3) is 80.3 Å². The van der Waals surface area contributed by atoms with Crippen LogP contribution < -0.4 is 5.32 Å². The van der Waals surface area contributed by atoms with Crippen molar-refractivity contribution >= 4 is 86.5 Å². The van der Waals surface area contributed by atoms with Gasteiger partial charge in [-0.3, -0.25) is 0 Å². The highest BCUT2D eigenvalue weighted by atomic mass is 32.1. The summed E-state index contributed by atoms with van der Waals surface area (Å²) in [6.45, 7) is 0. The van der Waals surface area contributed by atoms with E-state index in [4.69, 9.17) is 9.98 Å². The summed E-state index contributed by atoms with van der Waals surface area (Å²) in [7, 11) is 0. The molecule has 1 atom stereocenters. The number of fused-ring (bicyclic) bond motifs is 8. The van der Waals surface area contributed by atoms with E-state index in [-0.39, 0.29) is 0 Å². The van der Waals surface area contributed by atoms with Crippen LogP contribution in [0.5, 0.6) is 0 Å². The molecular weight excluding hydrogens is 725 g/mol. The Hall–Kier alpha value is -7.34. The van der Waals surface area contributed by atoms with E-state index in [1.807, 2.05) is 11.3 Å². The third-order valence-electron chi connectivity index (χ3n) is 11.6. The van der Waals surface area contributed by atoms with Crippen LogP contribution in [-0.2, 0) is 0 Å². The summed E-state index contributed by atoms with van der Waals surface area (Å²) in [5.74, 6) is 1.49. The zero-order chi connectivity index (χ0) is 38.2. The number of hydrogen-bond donors (Lipinski definition) is 1. The molecule has 0 amide bonds. The normalized spacial score (nSPS) is 14.4. The second-order valence-corrected chi connectivity index (χ2v) is 16.1. The molecule has 58 heavy (non-hydrogen) atoms. The van der Waals surface area contributed by atoms with Crippen LogP contribution in [0.2, 0.25) is 0 Å². The molecule has 1 N–H and O–H groups in total. The van der Waals surface area contributed by atoms with Gasteiger partial charge in [0.15, 0.2) is 5.84 Å². The molecule has 272 valence electrons. The van der Waals surface area contributed by atoms with E-state index in [9.17, 15) is 0 Å². The number of nitrogens with one attached hydrogen (secondary N) is 1. The Morgan fingerprint density at radius 2 is 1.07 bits per heavy atom. The minimum atomic E-state index is -0.441. The lowest BCUT2D eigenvalue weighted by molar-refractivity contribution is 0.672. The summed E-state index contributed by atoms with van der Waals surface area (Å²) < 4.78 is 4.96. The average Bonchev–Trinajstić information content (AvgIpc) is 3.82. The molecule has 11 aromatic rings. The third-order valence-corrected chi connectivity index (χ3v) is 12.8. The molecule has 0 radical (unpaired) electrons. The number of thiophene rings is 1. The number of benzene rings is 9. The van der Waals surface area contributed by atoms with E-state index >= 15 is 0 Å². The fourth-order valence-corrected chi connectivity index (χ4v) is 9.90. The van der Waals surface area contributed by atoms with Crippen molar-refractivity contribution in [1.82, 2.24) is 9.88 Å². The van der Waals surface area contributed by atoms with E-state index in [0.29, 0.717) is 5.84 Å². The Morgan fingerprint density at radius 1 is 0.431 bits per heavy atom. The molecular formula is C53H34N4S. The molecule has 0 aliphatic carbocycles. The van der Waals surface area contributed by atoms with Gasteiger partial charge in [0.25, 0.3) is 0 Å². The largest absolute Gasteiger partial charge is 0.344 e. The van der Waals surface area contributed by atoms with Gasteiger partial charge in [0, 0.05) is 47.6 Å². The molecule has 3 heterocycles. The molecule has 4 nitrogen and oxygen atoms in total. The fraction of sp³-hybridized carbons (Fsp3) is 0.0189. The number of aliphatic imine (C=N–C) groups is 2. The van der Waals surface area contributed by atoms with E-state index in [2.05, 4.69) is 204 Å². The fourth-order valence-electron chi connectivity index (χ4n) is 8.77. The van der Waals surface area contributed by atoms with Crippen molar-refractivity contribution in [3.63, 3.8) is 0 Å². The van der Waals surface area contributed by atoms with Crippen LogP contribution in [0.3, 0.4) is 0 Å². The first-order valence-corrected chi connectivity index (χ1v) is 20.5. The van der Waals surface area contributed by atoms with Crippen molar-refractivity contribution in [2.45, 2.75) is 6.17 Å². The Bertz CT molecular complexity index is 3480. The molecule has 2 aromatic heterocycles. The number of nitrogens with zero attached hydrogens (tertiary/aromatic N) is 3. The summed E-state index contributed by atoms with van der Waals surface area (Å²) in [4.78, 5) is 10.8. The van der Waals surface area contributed by atoms with Gasteiger partial charge in [-0.2, -0.15) is 0 Å². The maximum Gasteiger partial charge on any atom is 0.159 e. The van der Waals surface area contributed by atoms with Crippen LogP contribution in [-0.4, -0.2) is 16.2 Å². The first-order valence-electron chi connectivity index (χ1n) is 19.7. The summed E-state index contributed by atoms with van der Waals surface area (Å²) in [6.07, 6.45) is -0.441. The molecule has 1 aliphatic rings. The zero-order valence-corrected chi connectivity index (χ0v) is 32.1. The lowest BCUT2D eigenvalue weighted by atomic mass is 10.0. The van der Waals surface area contributed by atoms with E-state index in [0.717, 1.165) is 44.7 Å².